The van der Waals surface area contributed by atoms with Crippen molar-refractivity contribution < 1.29 is 13.9 Å². The van der Waals surface area contributed by atoms with Gasteiger partial charge in [0.25, 0.3) is 0 Å². The highest BCUT2D eigenvalue weighted by Gasteiger charge is 2.28. The number of phenols is 1. The summed E-state index contributed by atoms with van der Waals surface area (Å²) in [6.07, 6.45) is 3.55. The molecule has 0 atom stereocenters. The van der Waals surface area contributed by atoms with Gasteiger partial charge in [0.15, 0.2) is 5.58 Å². The van der Waals surface area contributed by atoms with Crippen molar-refractivity contribution in [1.82, 2.24) is 4.90 Å². The summed E-state index contributed by atoms with van der Waals surface area (Å²) < 4.78 is 12.0. The lowest BCUT2D eigenvalue weighted by Gasteiger charge is -2.27. The average molecular weight is 405 g/mol. The molecule has 30 heavy (non-hydrogen) atoms. The highest BCUT2D eigenvalue weighted by atomic mass is 16.4. The molecule has 156 valence electrons. The van der Waals surface area contributed by atoms with E-state index in [-0.39, 0.29) is 11.2 Å². The molecule has 5 heteroatoms. The molecule has 0 aliphatic carbocycles. The van der Waals surface area contributed by atoms with Gasteiger partial charge in [-0.2, -0.15) is 0 Å². The van der Waals surface area contributed by atoms with Crippen molar-refractivity contribution in [2.45, 2.75) is 52.0 Å². The number of para-hydroxylation sites is 1. The highest BCUT2D eigenvalue weighted by molar-refractivity contribution is 6.15. The Labute approximate surface area is 174 Å². The topological polar surface area (TPSA) is 66.8 Å². The van der Waals surface area contributed by atoms with Crippen LogP contribution in [0, 0.1) is 0 Å². The van der Waals surface area contributed by atoms with Crippen molar-refractivity contribution in [2.75, 3.05) is 13.1 Å². The van der Waals surface area contributed by atoms with Gasteiger partial charge < -0.3 is 13.9 Å². The lowest BCUT2D eigenvalue weighted by Crippen LogP contribution is -2.29. The molecular formula is C25H27NO4. The fourth-order valence-electron chi connectivity index (χ4n) is 4.66. The summed E-state index contributed by atoms with van der Waals surface area (Å²) in [5, 5.41) is 13.0. The Balaban J connectivity index is 1.90. The van der Waals surface area contributed by atoms with Gasteiger partial charge in [0.05, 0.1) is 5.39 Å². The van der Waals surface area contributed by atoms with Gasteiger partial charge in [-0.15, -0.1) is 0 Å². The van der Waals surface area contributed by atoms with Gasteiger partial charge in [-0.3, -0.25) is 4.90 Å². The van der Waals surface area contributed by atoms with Gasteiger partial charge in [0.1, 0.15) is 22.3 Å². The summed E-state index contributed by atoms with van der Waals surface area (Å²) in [5.74, 6) is 0.216. The predicted molar refractivity (Wildman–Crippen MR) is 119 cm³/mol. The molecule has 0 spiro atoms. The Morgan fingerprint density at radius 3 is 2.47 bits per heavy atom. The number of furan rings is 1. The maximum Gasteiger partial charge on any atom is 0.348 e. The van der Waals surface area contributed by atoms with E-state index in [1.807, 2.05) is 24.3 Å². The van der Waals surface area contributed by atoms with E-state index in [9.17, 15) is 9.90 Å². The van der Waals surface area contributed by atoms with E-state index in [1.54, 1.807) is 6.07 Å². The van der Waals surface area contributed by atoms with Crippen LogP contribution >= 0.6 is 0 Å². The molecule has 2 aromatic heterocycles. The number of benzene rings is 2. The number of hydrogen-bond donors (Lipinski definition) is 1. The molecule has 1 N–H and O–H groups in total. The SMILES string of the molecule is CC(C)(C)c1cc(O)c(CN2CCCCC2)c2c1oc1c3ccccc3oc(=O)c12. The number of aromatic hydroxyl groups is 1. The normalized spacial score (nSPS) is 16.1. The number of phenolic OH excluding ortho intramolecular Hbond substituents is 1. The number of nitrogens with zero attached hydrogens (tertiary/aromatic N) is 1. The molecule has 0 bridgehead atoms. The minimum atomic E-state index is -0.423. The maximum absolute atomic E-state index is 13.1. The standard InChI is InChI=1S/C25H27NO4/c1-25(2,3)17-13-18(27)16(14-26-11-7-4-8-12-26)20-21-22(30-23(17)20)15-9-5-6-10-19(15)29-24(21)28/h5-6,9-10,13,27H,4,7-8,11-12,14H2,1-3H3. The van der Waals surface area contributed by atoms with Crippen LogP contribution in [-0.2, 0) is 12.0 Å². The zero-order chi connectivity index (χ0) is 21.0. The largest absolute Gasteiger partial charge is 0.508 e. The highest BCUT2D eigenvalue weighted by Crippen LogP contribution is 2.43. The van der Waals surface area contributed by atoms with E-state index < -0.39 is 5.63 Å². The second-order valence-electron chi connectivity index (χ2n) is 9.40. The van der Waals surface area contributed by atoms with E-state index >= 15 is 0 Å². The van der Waals surface area contributed by atoms with Crippen LogP contribution in [0.2, 0.25) is 0 Å². The van der Waals surface area contributed by atoms with Crippen LogP contribution in [0.15, 0.2) is 44.0 Å². The van der Waals surface area contributed by atoms with Gasteiger partial charge in [-0.1, -0.05) is 39.3 Å². The minimum absolute atomic E-state index is 0.216. The Bertz CT molecular complexity index is 1320. The number of likely N-dealkylation sites (tertiary alicyclic amines) is 1. The first-order valence-electron chi connectivity index (χ1n) is 10.7. The monoisotopic (exact) mass is 405 g/mol. The zero-order valence-electron chi connectivity index (χ0n) is 17.7. The van der Waals surface area contributed by atoms with E-state index in [4.69, 9.17) is 8.83 Å². The van der Waals surface area contributed by atoms with Gasteiger partial charge in [-0.25, -0.2) is 4.79 Å². The molecule has 1 aliphatic rings. The van der Waals surface area contributed by atoms with Crippen LogP contribution < -0.4 is 5.63 Å². The summed E-state index contributed by atoms with van der Waals surface area (Å²) in [6, 6.07) is 9.25. The Morgan fingerprint density at radius 2 is 1.73 bits per heavy atom. The molecule has 1 saturated heterocycles. The van der Waals surface area contributed by atoms with Gasteiger partial charge in [-0.05, 0) is 49.5 Å². The Hall–Kier alpha value is -2.79. The zero-order valence-corrected chi connectivity index (χ0v) is 17.7. The summed E-state index contributed by atoms with van der Waals surface area (Å²) in [7, 11) is 0. The molecule has 0 radical (unpaired) electrons. The molecule has 3 heterocycles. The van der Waals surface area contributed by atoms with Crippen molar-refractivity contribution in [3.8, 4) is 5.75 Å². The summed E-state index contributed by atoms with van der Waals surface area (Å²) in [5.41, 5.74) is 2.67. The van der Waals surface area contributed by atoms with Crippen LogP contribution in [0.3, 0.4) is 0 Å². The minimum Gasteiger partial charge on any atom is -0.508 e. The number of hydrogen-bond acceptors (Lipinski definition) is 5. The lowest BCUT2D eigenvalue weighted by molar-refractivity contribution is 0.219. The second-order valence-corrected chi connectivity index (χ2v) is 9.40. The third-order valence-electron chi connectivity index (χ3n) is 6.22. The van der Waals surface area contributed by atoms with Crippen molar-refractivity contribution in [3.63, 3.8) is 0 Å². The Kier molecular flexibility index (Phi) is 4.40. The molecule has 1 fully saturated rings. The van der Waals surface area contributed by atoms with E-state index in [0.717, 1.165) is 42.4 Å². The maximum atomic E-state index is 13.1. The van der Waals surface area contributed by atoms with E-state index in [0.29, 0.717) is 34.1 Å². The first-order chi connectivity index (χ1) is 14.3. The smallest absolute Gasteiger partial charge is 0.348 e. The molecule has 4 aromatic rings. The van der Waals surface area contributed by atoms with Crippen LogP contribution in [-0.4, -0.2) is 23.1 Å². The molecular weight excluding hydrogens is 378 g/mol. The van der Waals surface area contributed by atoms with E-state index in [1.165, 1.54) is 6.42 Å². The van der Waals surface area contributed by atoms with Crippen molar-refractivity contribution >= 4 is 32.9 Å². The van der Waals surface area contributed by atoms with Crippen LogP contribution in [0.4, 0.5) is 0 Å². The lowest BCUT2D eigenvalue weighted by atomic mass is 9.84. The molecule has 5 nitrogen and oxygen atoms in total. The Morgan fingerprint density at radius 1 is 1.00 bits per heavy atom. The fraction of sp³-hybridized carbons (Fsp3) is 0.400. The average Bonchev–Trinajstić information content (AvgIpc) is 3.11. The number of rotatable bonds is 2. The second kappa shape index (κ2) is 6.88. The molecule has 1 aliphatic heterocycles. The number of fused-ring (bicyclic) bond motifs is 5. The molecule has 0 amide bonds. The van der Waals surface area contributed by atoms with Crippen molar-refractivity contribution in [2.24, 2.45) is 0 Å². The van der Waals surface area contributed by atoms with Crippen LogP contribution in [0.25, 0.3) is 32.9 Å². The first kappa shape index (κ1) is 19.2. The predicted octanol–water partition coefficient (Wildman–Crippen LogP) is 5.68. The summed E-state index contributed by atoms with van der Waals surface area (Å²) >= 11 is 0. The quantitative estimate of drug-likeness (QED) is 0.435. The molecule has 0 saturated carbocycles. The summed E-state index contributed by atoms with van der Waals surface area (Å²) in [4.78, 5) is 15.4. The molecule has 0 unspecified atom stereocenters. The first-order valence-corrected chi connectivity index (χ1v) is 10.7. The van der Waals surface area contributed by atoms with Crippen LogP contribution in [0.1, 0.15) is 51.2 Å². The van der Waals surface area contributed by atoms with Gasteiger partial charge in [0.2, 0.25) is 0 Å². The summed E-state index contributed by atoms with van der Waals surface area (Å²) in [6.45, 7) is 8.83. The third-order valence-corrected chi connectivity index (χ3v) is 6.22. The van der Waals surface area contributed by atoms with Crippen molar-refractivity contribution in [3.05, 3.63) is 51.9 Å². The number of piperidine rings is 1. The molecule has 2 aromatic carbocycles. The van der Waals surface area contributed by atoms with Crippen molar-refractivity contribution in [1.29, 1.82) is 0 Å². The fourth-order valence-corrected chi connectivity index (χ4v) is 4.66. The van der Waals surface area contributed by atoms with Gasteiger partial charge in [0, 0.05) is 23.1 Å². The van der Waals surface area contributed by atoms with E-state index in [2.05, 4.69) is 25.7 Å². The van der Waals surface area contributed by atoms with Gasteiger partial charge >= 0.3 is 5.63 Å². The molecule has 5 rings (SSSR count). The third kappa shape index (κ3) is 3.00. The van der Waals surface area contributed by atoms with Crippen LogP contribution in [0.5, 0.6) is 5.75 Å².